The summed E-state index contributed by atoms with van der Waals surface area (Å²) in [5.41, 5.74) is 0.912. The minimum absolute atomic E-state index is 0.207. The van der Waals surface area contributed by atoms with E-state index in [4.69, 9.17) is 16.3 Å². The number of nitrogens with zero attached hydrogens (tertiary/aromatic N) is 1. The first kappa shape index (κ1) is 20.3. The number of para-hydroxylation sites is 1. The lowest BCUT2D eigenvalue weighted by molar-refractivity contribution is -0.142. The molecule has 0 spiro atoms. The molecule has 1 N–H and O–H groups in total. The summed E-state index contributed by atoms with van der Waals surface area (Å²) in [5.74, 6) is -0.115. The third-order valence-corrected chi connectivity index (χ3v) is 4.71. The van der Waals surface area contributed by atoms with E-state index in [0.29, 0.717) is 17.3 Å². The highest BCUT2D eigenvalue weighted by Crippen LogP contribution is 2.23. The van der Waals surface area contributed by atoms with E-state index >= 15 is 0 Å². The third kappa shape index (κ3) is 5.47. The van der Waals surface area contributed by atoms with Gasteiger partial charge in [-0.05, 0) is 36.8 Å². The van der Waals surface area contributed by atoms with Gasteiger partial charge in [-0.2, -0.15) is 0 Å². The van der Waals surface area contributed by atoms with E-state index in [9.17, 15) is 9.59 Å². The van der Waals surface area contributed by atoms with Gasteiger partial charge in [0.15, 0.2) is 6.61 Å². The lowest BCUT2D eigenvalue weighted by Crippen LogP contribution is -2.48. The van der Waals surface area contributed by atoms with E-state index in [0.717, 1.165) is 10.0 Å². The van der Waals surface area contributed by atoms with E-state index < -0.39 is 6.04 Å². The minimum Gasteiger partial charge on any atom is -0.482 e. The molecule has 1 unspecified atom stereocenters. The SMILES string of the molecule is CNC(=O)C(C)N(Cc1ccc(Br)cc1)C(=O)COc1ccccc1Cl. The quantitative estimate of drug-likeness (QED) is 0.716. The lowest BCUT2D eigenvalue weighted by atomic mass is 10.1. The van der Waals surface area contributed by atoms with Crippen molar-refractivity contribution in [1.82, 2.24) is 10.2 Å². The van der Waals surface area contributed by atoms with Crippen LogP contribution in [0.3, 0.4) is 0 Å². The van der Waals surface area contributed by atoms with Gasteiger partial charge in [0, 0.05) is 18.1 Å². The first-order chi connectivity index (χ1) is 12.4. The van der Waals surface area contributed by atoms with Gasteiger partial charge < -0.3 is 15.0 Å². The highest BCUT2D eigenvalue weighted by atomic mass is 79.9. The average Bonchev–Trinajstić information content (AvgIpc) is 2.65. The van der Waals surface area contributed by atoms with Gasteiger partial charge >= 0.3 is 0 Å². The van der Waals surface area contributed by atoms with Crippen molar-refractivity contribution in [2.24, 2.45) is 0 Å². The van der Waals surface area contributed by atoms with Gasteiger partial charge in [0.2, 0.25) is 5.91 Å². The molecule has 0 aliphatic rings. The summed E-state index contributed by atoms with van der Waals surface area (Å²) in [6.07, 6.45) is 0. The Labute approximate surface area is 166 Å². The molecule has 0 radical (unpaired) electrons. The number of hydrogen-bond donors (Lipinski definition) is 1. The van der Waals surface area contributed by atoms with Gasteiger partial charge in [-0.15, -0.1) is 0 Å². The van der Waals surface area contributed by atoms with E-state index in [2.05, 4.69) is 21.2 Å². The third-order valence-electron chi connectivity index (χ3n) is 3.87. The van der Waals surface area contributed by atoms with Crippen molar-refractivity contribution in [1.29, 1.82) is 0 Å². The molecule has 0 aliphatic carbocycles. The van der Waals surface area contributed by atoms with Gasteiger partial charge in [-0.3, -0.25) is 9.59 Å². The van der Waals surface area contributed by atoms with E-state index in [1.165, 1.54) is 4.90 Å². The lowest BCUT2D eigenvalue weighted by Gasteiger charge is -2.28. The van der Waals surface area contributed by atoms with Crippen LogP contribution in [0.5, 0.6) is 5.75 Å². The van der Waals surface area contributed by atoms with Gasteiger partial charge in [0.25, 0.3) is 5.91 Å². The Morgan fingerprint density at radius 1 is 1.19 bits per heavy atom. The summed E-state index contributed by atoms with van der Waals surface area (Å²) in [4.78, 5) is 26.3. The molecule has 5 nitrogen and oxygen atoms in total. The summed E-state index contributed by atoms with van der Waals surface area (Å²) in [7, 11) is 1.54. The van der Waals surface area contributed by atoms with Crippen LogP contribution in [0.4, 0.5) is 0 Å². The largest absolute Gasteiger partial charge is 0.482 e. The number of carbonyl (C=O) groups is 2. The molecule has 26 heavy (non-hydrogen) atoms. The Hall–Kier alpha value is -2.05. The Bertz CT molecular complexity index is 768. The predicted octanol–water partition coefficient (Wildman–Crippen LogP) is 3.64. The number of likely N-dealkylation sites (N-methyl/N-ethyl adjacent to an activating group) is 1. The first-order valence-electron chi connectivity index (χ1n) is 8.05. The molecule has 0 fully saturated rings. The maximum Gasteiger partial charge on any atom is 0.261 e. The van der Waals surface area contributed by atoms with Crippen LogP contribution >= 0.6 is 27.5 Å². The average molecular weight is 440 g/mol. The molecule has 2 aromatic carbocycles. The van der Waals surface area contributed by atoms with Crippen LogP contribution in [0.1, 0.15) is 12.5 Å². The fourth-order valence-corrected chi connectivity index (χ4v) is 2.82. The summed E-state index contributed by atoms with van der Waals surface area (Å²) in [6.45, 7) is 1.78. The summed E-state index contributed by atoms with van der Waals surface area (Å²) >= 11 is 9.43. The smallest absolute Gasteiger partial charge is 0.261 e. The molecule has 0 saturated heterocycles. The first-order valence-corrected chi connectivity index (χ1v) is 9.22. The van der Waals surface area contributed by atoms with E-state index in [1.54, 1.807) is 38.2 Å². The second kappa shape index (κ2) is 9.59. The van der Waals surface area contributed by atoms with Crippen molar-refractivity contribution in [2.45, 2.75) is 19.5 Å². The predicted molar refractivity (Wildman–Crippen MR) is 105 cm³/mol. The number of benzene rings is 2. The molecule has 138 valence electrons. The Morgan fingerprint density at radius 2 is 1.85 bits per heavy atom. The summed E-state index contributed by atoms with van der Waals surface area (Å²) in [6, 6.07) is 13.9. The number of rotatable bonds is 7. The molecule has 1 atom stereocenters. The van der Waals surface area contributed by atoms with Crippen molar-refractivity contribution in [2.75, 3.05) is 13.7 Å². The molecule has 2 aromatic rings. The van der Waals surface area contributed by atoms with Crippen LogP contribution < -0.4 is 10.1 Å². The zero-order valence-corrected chi connectivity index (χ0v) is 16.9. The minimum atomic E-state index is -0.633. The van der Waals surface area contributed by atoms with E-state index in [-0.39, 0.29) is 18.4 Å². The van der Waals surface area contributed by atoms with Crippen molar-refractivity contribution in [3.05, 3.63) is 63.6 Å². The second-order valence-corrected chi connectivity index (χ2v) is 6.98. The maximum absolute atomic E-state index is 12.7. The number of hydrogen-bond acceptors (Lipinski definition) is 3. The topological polar surface area (TPSA) is 58.6 Å². The molecular formula is C19H20BrClN2O3. The highest BCUT2D eigenvalue weighted by molar-refractivity contribution is 9.10. The van der Waals surface area contributed by atoms with Crippen LogP contribution in [-0.2, 0) is 16.1 Å². The number of amides is 2. The second-order valence-electron chi connectivity index (χ2n) is 5.66. The van der Waals surface area contributed by atoms with Crippen LogP contribution in [0.2, 0.25) is 5.02 Å². The molecule has 0 bridgehead atoms. The Morgan fingerprint density at radius 3 is 2.46 bits per heavy atom. The molecule has 2 rings (SSSR count). The van der Waals surface area contributed by atoms with Crippen LogP contribution in [0.25, 0.3) is 0 Å². The number of nitrogens with one attached hydrogen (secondary N) is 1. The number of halogens is 2. The normalized spacial score (nSPS) is 11.5. The molecule has 0 aromatic heterocycles. The summed E-state index contributed by atoms with van der Waals surface area (Å²) in [5, 5.41) is 3.01. The van der Waals surface area contributed by atoms with Crippen LogP contribution in [0, 0.1) is 0 Å². The van der Waals surface area contributed by atoms with Crippen molar-refractivity contribution >= 4 is 39.3 Å². The van der Waals surface area contributed by atoms with Gasteiger partial charge in [0.1, 0.15) is 11.8 Å². The summed E-state index contributed by atoms with van der Waals surface area (Å²) < 4.78 is 6.48. The Balaban J connectivity index is 2.13. The number of ether oxygens (including phenoxy) is 1. The fourth-order valence-electron chi connectivity index (χ4n) is 2.36. The zero-order valence-electron chi connectivity index (χ0n) is 14.5. The van der Waals surface area contributed by atoms with E-state index in [1.807, 2.05) is 24.3 Å². The molecule has 2 amide bonds. The highest BCUT2D eigenvalue weighted by Gasteiger charge is 2.26. The maximum atomic E-state index is 12.7. The fraction of sp³-hybridized carbons (Fsp3) is 0.263. The zero-order chi connectivity index (χ0) is 19.1. The van der Waals surface area contributed by atoms with Gasteiger partial charge in [-0.25, -0.2) is 0 Å². The Kier molecular flexibility index (Phi) is 7.48. The molecule has 0 saturated carbocycles. The molecule has 0 heterocycles. The van der Waals surface area contributed by atoms with Crippen molar-refractivity contribution in [3.63, 3.8) is 0 Å². The molecule has 7 heteroatoms. The van der Waals surface area contributed by atoms with Crippen LogP contribution in [-0.4, -0.2) is 36.4 Å². The molecule has 0 aliphatic heterocycles. The van der Waals surface area contributed by atoms with Crippen molar-refractivity contribution in [3.8, 4) is 5.75 Å². The van der Waals surface area contributed by atoms with Crippen molar-refractivity contribution < 1.29 is 14.3 Å². The van der Waals surface area contributed by atoms with Gasteiger partial charge in [-0.1, -0.05) is 51.8 Å². The van der Waals surface area contributed by atoms with Crippen LogP contribution in [0.15, 0.2) is 53.0 Å². The standard InChI is InChI=1S/C19H20BrClN2O3/c1-13(19(25)22-2)23(11-14-7-9-15(20)10-8-14)18(24)12-26-17-6-4-3-5-16(17)21/h3-10,13H,11-12H2,1-2H3,(H,22,25). The number of carbonyl (C=O) groups excluding carboxylic acids is 2. The molecular weight excluding hydrogens is 420 g/mol. The van der Waals surface area contributed by atoms with Gasteiger partial charge in [0.05, 0.1) is 5.02 Å². The monoisotopic (exact) mass is 438 g/mol.